The topological polar surface area (TPSA) is 91.4 Å². The highest BCUT2D eigenvalue weighted by Crippen LogP contribution is 2.25. The Kier molecular flexibility index (Phi) is 5.04. The summed E-state index contributed by atoms with van der Waals surface area (Å²) in [4.78, 5) is 34.3. The molecular weight excluding hydrogens is 336 g/mol. The lowest BCUT2D eigenvalue weighted by molar-refractivity contribution is -0.384. The number of hydrogen-bond donors (Lipinski definition) is 0. The molecule has 0 N–H and O–H groups in total. The van der Waals surface area contributed by atoms with Crippen LogP contribution in [0.4, 0.5) is 5.69 Å². The molecule has 0 saturated carbocycles. The maximum atomic E-state index is 12.2. The molecule has 0 aliphatic carbocycles. The fraction of sp³-hybridized carbons (Fsp3) is 0.250. The molecule has 0 amide bonds. The first-order valence-corrected chi connectivity index (χ1v) is 7.37. The number of ether oxygens (including phenoxy) is 1. The summed E-state index contributed by atoms with van der Waals surface area (Å²) in [6, 6.07) is 5.29. The monoisotopic (exact) mass is 350 g/mol. The molecule has 24 heavy (non-hydrogen) atoms. The number of nitro benzene ring substituents is 1. The fourth-order valence-electron chi connectivity index (χ4n) is 2.21. The third-order valence-electron chi connectivity index (χ3n) is 3.79. The van der Waals surface area contributed by atoms with Gasteiger partial charge in [-0.2, -0.15) is 0 Å². The first-order valence-electron chi connectivity index (χ1n) is 6.99. The van der Waals surface area contributed by atoms with Crippen LogP contribution >= 0.6 is 11.6 Å². The summed E-state index contributed by atoms with van der Waals surface area (Å²) in [6.07, 6.45) is 0. The SMILES string of the molecule is Cc1cc(C(=O)COC(=O)c2ccc(Cl)c([N+](=O)[O-])c2)c(C)n1C. The Hall–Kier alpha value is -2.67. The van der Waals surface area contributed by atoms with Gasteiger partial charge in [-0.25, -0.2) is 4.79 Å². The lowest BCUT2D eigenvalue weighted by atomic mass is 10.1. The van der Waals surface area contributed by atoms with Crippen molar-refractivity contribution in [2.75, 3.05) is 6.61 Å². The molecule has 0 unspecified atom stereocenters. The number of aromatic nitrogens is 1. The van der Waals surface area contributed by atoms with Crippen LogP contribution in [0.5, 0.6) is 0 Å². The number of carbonyl (C=O) groups is 2. The Morgan fingerprint density at radius 1 is 1.29 bits per heavy atom. The van der Waals surface area contributed by atoms with E-state index in [1.807, 2.05) is 18.5 Å². The summed E-state index contributed by atoms with van der Waals surface area (Å²) in [5, 5.41) is 10.8. The fourth-order valence-corrected chi connectivity index (χ4v) is 2.40. The molecule has 0 aliphatic heterocycles. The maximum absolute atomic E-state index is 12.2. The number of rotatable bonds is 5. The Bertz CT molecular complexity index is 841. The maximum Gasteiger partial charge on any atom is 0.338 e. The Balaban J connectivity index is 2.10. The van der Waals surface area contributed by atoms with E-state index in [-0.39, 0.29) is 16.4 Å². The van der Waals surface area contributed by atoms with Gasteiger partial charge >= 0.3 is 5.97 Å². The van der Waals surface area contributed by atoms with Crippen molar-refractivity contribution in [3.8, 4) is 0 Å². The Labute approximate surface area is 142 Å². The largest absolute Gasteiger partial charge is 0.454 e. The van der Waals surface area contributed by atoms with Crippen LogP contribution in [-0.4, -0.2) is 27.8 Å². The normalized spacial score (nSPS) is 10.5. The van der Waals surface area contributed by atoms with Crippen molar-refractivity contribution in [3.05, 3.63) is 61.9 Å². The van der Waals surface area contributed by atoms with Gasteiger partial charge in [0, 0.05) is 30.1 Å². The summed E-state index contributed by atoms with van der Waals surface area (Å²) in [5.41, 5.74) is 1.72. The zero-order valence-electron chi connectivity index (χ0n) is 13.3. The van der Waals surface area contributed by atoms with E-state index in [0.717, 1.165) is 17.5 Å². The average molecular weight is 351 g/mol. The number of carbonyl (C=O) groups excluding carboxylic acids is 2. The average Bonchev–Trinajstić information content (AvgIpc) is 2.80. The van der Waals surface area contributed by atoms with Gasteiger partial charge in [0.2, 0.25) is 5.78 Å². The molecule has 0 radical (unpaired) electrons. The van der Waals surface area contributed by atoms with E-state index in [0.29, 0.717) is 5.56 Å². The quantitative estimate of drug-likeness (QED) is 0.357. The van der Waals surface area contributed by atoms with Crippen LogP contribution in [0, 0.1) is 24.0 Å². The zero-order valence-corrected chi connectivity index (χ0v) is 14.1. The number of halogens is 1. The number of benzene rings is 1. The second-order valence-corrected chi connectivity index (χ2v) is 5.67. The highest BCUT2D eigenvalue weighted by molar-refractivity contribution is 6.32. The molecule has 2 rings (SSSR count). The molecule has 1 aromatic heterocycles. The van der Waals surface area contributed by atoms with E-state index in [1.54, 1.807) is 13.0 Å². The number of aryl methyl sites for hydroxylation is 1. The summed E-state index contributed by atoms with van der Waals surface area (Å²) >= 11 is 5.69. The van der Waals surface area contributed by atoms with Crippen molar-refractivity contribution >= 4 is 29.0 Å². The summed E-state index contributed by atoms with van der Waals surface area (Å²) in [5.74, 6) is -1.17. The molecule has 0 spiro atoms. The van der Waals surface area contributed by atoms with Crippen molar-refractivity contribution in [1.82, 2.24) is 4.57 Å². The van der Waals surface area contributed by atoms with Crippen LogP contribution in [0.2, 0.25) is 5.02 Å². The number of hydrogen-bond acceptors (Lipinski definition) is 5. The predicted molar refractivity (Wildman–Crippen MR) is 87.6 cm³/mol. The van der Waals surface area contributed by atoms with Gasteiger partial charge in [-0.15, -0.1) is 0 Å². The Morgan fingerprint density at radius 2 is 1.96 bits per heavy atom. The van der Waals surface area contributed by atoms with E-state index < -0.39 is 23.2 Å². The van der Waals surface area contributed by atoms with Gasteiger partial charge in [0.05, 0.1) is 10.5 Å². The second-order valence-electron chi connectivity index (χ2n) is 5.27. The van der Waals surface area contributed by atoms with Gasteiger partial charge in [0.1, 0.15) is 5.02 Å². The molecule has 0 aliphatic rings. The molecule has 1 aromatic carbocycles. The van der Waals surface area contributed by atoms with Crippen LogP contribution in [0.15, 0.2) is 24.3 Å². The molecule has 0 atom stereocenters. The first kappa shape index (κ1) is 17.7. The number of ketones is 1. The smallest absolute Gasteiger partial charge is 0.338 e. The molecule has 2 aromatic rings. The van der Waals surface area contributed by atoms with Gasteiger partial charge in [0.15, 0.2) is 6.61 Å². The van der Waals surface area contributed by atoms with E-state index >= 15 is 0 Å². The van der Waals surface area contributed by atoms with Gasteiger partial charge in [-0.3, -0.25) is 14.9 Å². The summed E-state index contributed by atoms with van der Waals surface area (Å²) < 4.78 is 6.82. The van der Waals surface area contributed by atoms with Crippen LogP contribution in [-0.2, 0) is 11.8 Å². The van der Waals surface area contributed by atoms with Crippen molar-refractivity contribution in [1.29, 1.82) is 0 Å². The van der Waals surface area contributed by atoms with Crippen molar-refractivity contribution in [2.45, 2.75) is 13.8 Å². The number of esters is 1. The minimum absolute atomic E-state index is 0.0418. The summed E-state index contributed by atoms with van der Waals surface area (Å²) in [7, 11) is 1.83. The van der Waals surface area contributed by atoms with E-state index in [2.05, 4.69) is 0 Å². The molecule has 0 bridgehead atoms. The molecular formula is C16H15ClN2O5. The predicted octanol–water partition coefficient (Wildman–Crippen LogP) is 3.24. The summed E-state index contributed by atoms with van der Waals surface area (Å²) in [6.45, 7) is 3.22. The first-order chi connectivity index (χ1) is 11.2. The molecule has 7 nitrogen and oxygen atoms in total. The Morgan fingerprint density at radius 3 is 2.50 bits per heavy atom. The minimum Gasteiger partial charge on any atom is -0.454 e. The highest BCUT2D eigenvalue weighted by Gasteiger charge is 2.19. The van der Waals surface area contributed by atoms with Gasteiger partial charge in [0.25, 0.3) is 5.69 Å². The van der Waals surface area contributed by atoms with E-state index in [9.17, 15) is 19.7 Å². The number of nitrogens with zero attached hydrogens (tertiary/aromatic N) is 2. The third kappa shape index (κ3) is 3.46. The van der Waals surface area contributed by atoms with Gasteiger partial charge < -0.3 is 9.30 Å². The lowest BCUT2D eigenvalue weighted by Gasteiger charge is -2.05. The van der Waals surface area contributed by atoms with Gasteiger partial charge in [-0.1, -0.05) is 11.6 Å². The number of nitro groups is 1. The molecule has 0 saturated heterocycles. The third-order valence-corrected chi connectivity index (χ3v) is 4.11. The molecule has 126 valence electrons. The van der Waals surface area contributed by atoms with Gasteiger partial charge in [-0.05, 0) is 32.0 Å². The molecule has 0 fully saturated rings. The highest BCUT2D eigenvalue weighted by atomic mass is 35.5. The minimum atomic E-state index is -0.826. The van der Waals surface area contributed by atoms with E-state index in [4.69, 9.17) is 16.3 Å². The standard InChI is InChI=1S/C16H15ClN2O5/c1-9-6-12(10(2)18(9)3)15(20)8-24-16(21)11-4-5-13(17)14(7-11)19(22)23/h4-7H,8H2,1-3H3. The second kappa shape index (κ2) is 6.84. The van der Waals surface area contributed by atoms with Crippen LogP contribution in [0.1, 0.15) is 32.1 Å². The van der Waals surface area contributed by atoms with Crippen LogP contribution in [0.25, 0.3) is 0 Å². The number of Topliss-reactive ketones (excluding diaryl/α,β-unsaturated/α-hetero) is 1. The lowest BCUT2D eigenvalue weighted by Crippen LogP contribution is -2.15. The van der Waals surface area contributed by atoms with Crippen LogP contribution in [0.3, 0.4) is 0 Å². The van der Waals surface area contributed by atoms with Crippen LogP contribution < -0.4 is 0 Å². The van der Waals surface area contributed by atoms with Crippen molar-refractivity contribution in [3.63, 3.8) is 0 Å². The van der Waals surface area contributed by atoms with E-state index in [1.165, 1.54) is 12.1 Å². The van der Waals surface area contributed by atoms with Crippen molar-refractivity contribution in [2.24, 2.45) is 7.05 Å². The molecule has 8 heteroatoms. The molecule has 1 heterocycles. The van der Waals surface area contributed by atoms with Crippen molar-refractivity contribution < 1.29 is 19.2 Å². The zero-order chi connectivity index (χ0) is 18.0.